The van der Waals surface area contributed by atoms with Gasteiger partial charge in [0.1, 0.15) is 6.10 Å². The molecule has 0 aromatic heterocycles. The Morgan fingerprint density at radius 3 is 2.45 bits per heavy atom. The minimum atomic E-state index is -0.213. The van der Waals surface area contributed by atoms with Gasteiger partial charge in [-0.05, 0) is 35.6 Å². The number of benzene rings is 2. The number of hydrogen-bond acceptors (Lipinski definition) is 4. The van der Waals surface area contributed by atoms with Crippen molar-refractivity contribution in [2.45, 2.75) is 25.5 Å². The molecule has 0 saturated carbocycles. The second-order valence-electron chi connectivity index (χ2n) is 7.46. The van der Waals surface area contributed by atoms with E-state index in [9.17, 15) is 10.1 Å². The van der Waals surface area contributed by atoms with Crippen molar-refractivity contribution in [3.05, 3.63) is 59.7 Å². The molecule has 0 spiro atoms. The average molecular weight is 456 g/mol. The molecule has 1 amide bonds. The van der Waals surface area contributed by atoms with Crippen molar-refractivity contribution in [3.8, 4) is 17.2 Å². The molecule has 2 aliphatic rings. The fraction of sp³-hybridized carbons (Fsp3) is 0.391. The Labute approximate surface area is 182 Å². The standard InChI is InChI=1S/C23H25N3O2.BrH/c24-16-20-4-1-2-5-21(20)19-9-7-18(8-10-19)17-25-11-13-26(14-12-25)23(27)22-6-3-15-28-22;/h1-2,4-5,7-10,22H,3,6,11-15,17H2;1H. The zero-order valence-electron chi connectivity index (χ0n) is 16.4. The molecule has 0 aliphatic carbocycles. The maximum Gasteiger partial charge on any atom is 0.251 e. The lowest BCUT2D eigenvalue weighted by Crippen LogP contribution is -2.51. The highest BCUT2D eigenvalue weighted by molar-refractivity contribution is 8.93. The van der Waals surface area contributed by atoms with Crippen LogP contribution in [0.15, 0.2) is 48.5 Å². The van der Waals surface area contributed by atoms with E-state index in [1.807, 2.05) is 29.2 Å². The first-order valence-corrected chi connectivity index (χ1v) is 9.96. The molecule has 2 aliphatic heterocycles. The van der Waals surface area contributed by atoms with Crippen LogP contribution in [0, 0.1) is 11.3 Å². The SMILES string of the molecule is Br.N#Cc1ccccc1-c1ccc(CN2CCN(C(=O)C3CCCO3)CC2)cc1. The molecular formula is C23H26BrN3O2. The van der Waals surface area contributed by atoms with Gasteiger partial charge in [0.2, 0.25) is 0 Å². The quantitative estimate of drug-likeness (QED) is 0.705. The van der Waals surface area contributed by atoms with Crippen LogP contribution in [0.1, 0.15) is 24.0 Å². The molecule has 2 aromatic rings. The first-order valence-electron chi connectivity index (χ1n) is 9.96. The normalized spacial score (nSPS) is 19.4. The van der Waals surface area contributed by atoms with Crippen LogP contribution >= 0.6 is 17.0 Å². The van der Waals surface area contributed by atoms with E-state index in [0.717, 1.165) is 56.7 Å². The van der Waals surface area contributed by atoms with Crippen molar-refractivity contribution in [1.82, 2.24) is 9.80 Å². The third-order valence-electron chi connectivity index (χ3n) is 5.61. The van der Waals surface area contributed by atoms with Gasteiger partial charge in [0.25, 0.3) is 5.91 Å². The second kappa shape index (κ2) is 10.0. The highest BCUT2D eigenvalue weighted by atomic mass is 79.9. The first kappa shape index (κ1) is 21.5. The molecule has 0 N–H and O–H groups in total. The monoisotopic (exact) mass is 455 g/mol. The molecule has 152 valence electrons. The van der Waals surface area contributed by atoms with E-state index in [4.69, 9.17) is 4.74 Å². The molecule has 2 aromatic carbocycles. The third-order valence-corrected chi connectivity index (χ3v) is 5.61. The fourth-order valence-corrected chi connectivity index (χ4v) is 3.98. The van der Waals surface area contributed by atoms with Crippen molar-refractivity contribution in [3.63, 3.8) is 0 Å². The molecule has 0 radical (unpaired) electrons. The van der Waals surface area contributed by atoms with Gasteiger partial charge in [0, 0.05) is 39.3 Å². The van der Waals surface area contributed by atoms with Gasteiger partial charge in [-0.3, -0.25) is 9.69 Å². The summed E-state index contributed by atoms with van der Waals surface area (Å²) in [7, 11) is 0. The minimum Gasteiger partial charge on any atom is -0.368 e. The number of piperazine rings is 1. The molecule has 1 atom stereocenters. The summed E-state index contributed by atoms with van der Waals surface area (Å²) in [5.74, 6) is 0.165. The summed E-state index contributed by atoms with van der Waals surface area (Å²) < 4.78 is 5.53. The number of carbonyl (C=O) groups excluding carboxylic acids is 1. The van der Waals surface area contributed by atoms with Gasteiger partial charge in [-0.25, -0.2) is 0 Å². The molecule has 1 unspecified atom stereocenters. The molecule has 0 bridgehead atoms. The number of carbonyl (C=O) groups is 1. The van der Waals surface area contributed by atoms with Gasteiger partial charge in [-0.15, -0.1) is 17.0 Å². The van der Waals surface area contributed by atoms with Crippen LogP contribution in [0.25, 0.3) is 11.1 Å². The zero-order chi connectivity index (χ0) is 19.3. The maximum absolute atomic E-state index is 12.4. The van der Waals surface area contributed by atoms with Crippen LogP contribution in [0.5, 0.6) is 0 Å². The van der Waals surface area contributed by atoms with Gasteiger partial charge in [-0.2, -0.15) is 5.26 Å². The number of hydrogen-bond donors (Lipinski definition) is 0. The summed E-state index contributed by atoms with van der Waals surface area (Å²) in [6.07, 6.45) is 1.64. The van der Waals surface area contributed by atoms with Crippen LogP contribution in [-0.4, -0.2) is 54.6 Å². The molecule has 5 nitrogen and oxygen atoms in total. The molecule has 29 heavy (non-hydrogen) atoms. The topological polar surface area (TPSA) is 56.6 Å². The van der Waals surface area contributed by atoms with Gasteiger partial charge in [-0.1, -0.05) is 42.5 Å². The Hall–Kier alpha value is -2.20. The summed E-state index contributed by atoms with van der Waals surface area (Å²) in [6.45, 7) is 4.90. The highest BCUT2D eigenvalue weighted by Gasteiger charge is 2.30. The largest absolute Gasteiger partial charge is 0.368 e. The Balaban J connectivity index is 0.00000240. The van der Waals surface area contributed by atoms with E-state index in [2.05, 4.69) is 35.2 Å². The summed E-state index contributed by atoms with van der Waals surface area (Å²) in [6, 6.07) is 18.4. The summed E-state index contributed by atoms with van der Waals surface area (Å²) in [5.41, 5.74) is 3.98. The minimum absolute atomic E-state index is 0. The van der Waals surface area contributed by atoms with E-state index in [1.165, 1.54) is 5.56 Å². The Morgan fingerprint density at radius 1 is 1.07 bits per heavy atom. The Kier molecular flexibility index (Phi) is 7.43. The van der Waals surface area contributed by atoms with Crippen molar-refractivity contribution < 1.29 is 9.53 Å². The zero-order valence-corrected chi connectivity index (χ0v) is 18.1. The Morgan fingerprint density at radius 2 is 1.79 bits per heavy atom. The van der Waals surface area contributed by atoms with E-state index in [0.29, 0.717) is 12.2 Å². The highest BCUT2D eigenvalue weighted by Crippen LogP contribution is 2.24. The van der Waals surface area contributed by atoms with Crippen molar-refractivity contribution in [2.75, 3.05) is 32.8 Å². The number of nitrogens with zero attached hydrogens (tertiary/aromatic N) is 3. The van der Waals surface area contributed by atoms with Crippen molar-refractivity contribution in [2.24, 2.45) is 0 Å². The average Bonchev–Trinajstić information content (AvgIpc) is 3.29. The first-order chi connectivity index (χ1) is 13.7. The second-order valence-corrected chi connectivity index (χ2v) is 7.46. The molecular weight excluding hydrogens is 430 g/mol. The number of amides is 1. The molecule has 2 saturated heterocycles. The van der Waals surface area contributed by atoms with Crippen LogP contribution < -0.4 is 0 Å². The fourth-order valence-electron chi connectivity index (χ4n) is 3.98. The van der Waals surface area contributed by atoms with Crippen LogP contribution in [0.3, 0.4) is 0 Å². The number of nitriles is 1. The van der Waals surface area contributed by atoms with Crippen LogP contribution in [0.2, 0.25) is 0 Å². The van der Waals surface area contributed by atoms with Gasteiger partial charge in [0.05, 0.1) is 11.6 Å². The number of rotatable bonds is 4. The number of ether oxygens (including phenoxy) is 1. The van der Waals surface area contributed by atoms with Crippen LogP contribution in [-0.2, 0) is 16.1 Å². The molecule has 4 rings (SSSR count). The molecule has 2 fully saturated rings. The Bertz CT molecular complexity index is 864. The van der Waals surface area contributed by atoms with Gasteiger partial charge < -0.3 is 9.64 Å². The molecule has 6 heteroatoms. The lowest BCUT2D eigenvalue weighted by molar-refractivity contribution is -0.142. The molecule has 2 heterocycles. The summed E-state index contributed by atoms with van der Waals surface area (Å²) >= 11 is 0. The van der Waals surface area contributed by atoms with E-state index in [-0.39, 0.29) is 29.0 Å². The van der Waals surface area contributed by atoms with Gasteiger partial charge >= 0.3 is 0 Å². The van der Waals surface area contributed by atoms with Crippen molar-refractivity contribution in [1.29, 1.82) is 5.26 Å². The number of halogens is 1. The predicted molar refractivity (Wildman–Crippen MR) is 118 cm³/mol. The lowest BCUT2D eigenvalue weighted by Gasteiger charge is -2.35. The van der Waals surface area contributed by atoms with E-state index in [1.54, 1.807) is 0 Å². The predicted octanol–water partition coefficient (Wildman–Crippen LogP) is 3.63. The van der Waals surface area contributed by atoms with E-state index < -0.39 is 0 Å². The summed E-state index contributed by atoms with van der Waals surface area (Å²) in [5, 5.41) is 9.29. The maximum atomic E-state index is 12.4. The summed E-state index contributed by atoms with van der Waals surface area (Å²) in [4.78, 5) is 16.8. The smallest absolute Gasteiger partial charge is 0.251 e. The lowest BCUT2D eigenvalue weighted by atomic mass is 9.99. The van der Waals surface area contributed by atoms with Crippen LogP contribution in [0.4, 0.5) is 0 Å². The third kappa shape index (κ3) is 5.05. The van der Waals surface area contributed by atoms with Crippen molar-refractivity contribution >= 4 is 22.9 Å². The van der Waals surface area contributed by atoms with Gasteiger partial charge in [0.15, 0.2) is 0 Å². The van der Waals surface area contributed by atoms with E-state index >= 15 is 0 Å².